The van der Waals surface area contributed by atoms with Crippen molar-refractivity contribution in [3.05, 3.63) is 30.5 Å². The molecule has 1 N–H and O–H groups in total. The number of rotatable bonds is 6. The number of nitrogens with one attached hydrogen (secondary N) is 1. The van der Waals surface area contributed by atoms with Gasteiger partial charge in [-0.3, -0.25) is 4.79 Å². The lowest BCUT2D eigenvalue weighted by atomic mass is 10.0. The van der Waals surface area contributed by atoms with E-state index in [0.29, 0.717) is 16.6 Å². The summed E-state index contributed by atoms with van der Waals surface area (Å²) in [6.45, 7) is -1.51. The Kier molecular flexibility index (Phi) is 5.05. The number of halogens is 2. The lowest BCUT2D eigenvalue weighted by Crippen LogP contribution is -2.49. The molecule has 1 saturated heterocycles. The molecule has 1 aromatic carbocycles. The molecule has 5 rings (SSSR count). The highest BCUT2D eigenvalue weighted by Crippen LogP contribution is 2.33. The van der Waals surface area contributed by atoms with E-state index in [1.165, 1.54) is 18.7 Å². The summed E-state index contributed by atoms with van der Waals surface area (Å²) in [5, 5.41) is 15.5. The minimum atomic E-state index is -2.81. The molecule has 0 spiro atoms. The molecular weight excluding hydrogens is 458 g/mol. The SMILES string of the molecule is [2H]C([2H])([2H])C(=O)N1CC[C@H](Nc2nc(OC)c3c(-c4ccc5nnn(C[C@@H](C)F)c5c4)ccn3n2)[C@H](F)C1. The van der Waals surface area contributed by atoms with Gasteiger partial charge in [0.2, 0.25) is 17.7 Å². The number of anilines is 1. The predicted octanol–water partition coefficient (Wildman–Crippen LogP) is 2.88. The van der Waals surface area contributed by atoms with E-state index in [4.69, 9.17) is 8.85 Å². The molecule has 0 aliphatic carbocycles. The average Bonchev–Trinajstić information content (AvgIpc) is 3.47. The molecule has 1 amide bonds. The Morgan fingerprint density at radius 2 is 2.26 bits per heavy atom. The van der Waals surface area contributed by atoms with Gasteiger partial charge in [-0.2, -0.15) is 4.98 Å². The summed E-state index contributed by atoms with van der Waals surface area (Å²) in [6, 6.07) is 6.64. The molecule has 1 aliphatic heterocycles. The Bertz CT molecular complexity index is 1490. The Morgan fingerprint density at radius 1 is 1.40 bits per heavy atom. The number of alkyl halides is 2. The Hall–Kier alpha value is -3.83. The van der Waals surface area contributed by atoms with Crippen molar-refractivity contribution in [1.29, 1.82) is 0 Å². The average molecular weight is 488 g/mol. The van der Waals surface area contributed by atoms with Gasteiger partial charge in [-0.15, -0.1) is 10.2 Å². The van der Waals surface area contributed by atoms with Crippen LogP contribution in [0.4, 0.5) is 14.7 Å². The predicted molar refractivity (Wildman–Crippen MR) is 126 cm³/mol. The summed E-state index contributed by atoms with van der Waals surface area (Å²) in [5.74, 6) is -0.694. The van der Waals surface area contributed by atoms with Gasteiger partial charge in [0.05, 0.1) is 31.8 Å². The summed E-state index contributed by atoms with van der Waals surface area (Å²) >= 11 is 0. The summed E-state index contributed by atoms with van der Waals surface area (Å²) < 4.78 is 58.9. The molecule has 184 valence electrons. The third-order valence-electron chi connectivity index (χ3n) is 6.07. The topological polar surface area (TPSA) is 102 Å². The van der Waals surface area contributed by atoms with Gasteiger partial charge in [-0.05, 0) is 37.1 Å². The number of aromatic nitrogens is 6. The number of benzene rings is 1. The summed E-state index contributed by atoms with van der Waals surface area (Å²) in [5.41, 5.74) is 3.45. The van der Waals surface area contributed by atoms with E-state index in [9.17, 15) is 13.6 Å². The van der Waals surface area contributed by atoms with Crippen molar-refractivity contribution in [3.8, 4) is 17.0 Å². The number of carbonyl (C=O) groups excluding carboxylic acids is 1. The zero-order chi connectivity index (χ0) is 27.2. The molecule has 3 atom stereocenters. The molecular formula is C23H26F2N8O2. The van der Waals surface area contributed by atoms with Crippen molar-refractivity contribution < 1.29 is 22.4 Å². The van der Waals surface area contributed by atoms with Crippen LogP contribution in [0.5, 0.6) is 5.88 Å². The van der Waals surface area contributed by atoms with Crippen LogP contribution >= 0.6 is 0 Å². The molecule has 0 unspecified atom stereocenters. The highest BCUT2D eigenvalue weighted by molar-refractivity contribution is 5.89. The minimum absolute atomic E-state index is 0.0801. The van der Waals surface area contributed by atoms with Gasteiger partial charge in [0.1, 0.15) is 23.4 Å². The van der Waals surface area contributed by atoms with Crippen LogP contribution < -0.4 is 10.1 Å². The lowest BCUT2D eigenvalue weighted by molar-refractivity contribution is -0.131. The van der Waals surface area contributed by atoms with E-state index in [0.717, 1.165) is 16.0 Å². The van der Waals surface area contributed by atoms with Crippen molar-refractivity contribution in [2.45, 2.75) is 45.1 Å². The first-order valence-electron chi connectivity index (χ1n) is 12.7. The van der Waals surface area contributed by atoms with Crippen LogP contribution in [-0.2, 0) is 11.3 Å². The second kappa shape index (κ2) is 9.08. The highest BCUT2D eigenvalue weighted by atomic mass is 19.1. The molecule has 0 saturated carbocycles. The fraction of sp³-hybridized carbons (Fsp3) is 0.435. The maximum Gasteiger partial charge on any atom is 0.244 e. The molecule has 12 heteroatoms. The molecule has 1 aliphatic rings. The summed E-state index contributed by atoms with van der Waals surface area (Å²) in [6.07, 6.45) is -0.703. The molecule has 35 heavy (non-hydrogen) atoms. The first kappa shape index (κ1) is 19.5. The van der Waals surface area contributed by atoms with E-state index in [1.807, 2.05) is 18.2 Å². The fourth-order valence-corrected chi connectivity index (χ4v) is 4.35. The number of hydrogen-bond acceptors (Lipinski definition) is 7. The van der Waals surface area contributed by atoms with E-state index in [1.54, 1.807) is 16.8 Å². The third kappa shape index (κ3) is 4.35. The first-order valence-corrected chi connectivity index (χ1v) is 11.2. The lowest BCUT2D eigenvalue weighted by Gasteiger charge is -2.34. The quantitative estimate of drug-likeness (QED) is 0.446. The molecule has 3 aromatic heterocycles. The van der Waals surface area contributed by atoms with Gasteiger partial charge < -0.3 is 15.0 Å². The van der Waals surface area contributed by atoms with Gasteiger partial charge in [0.15, 0.2) is 0 Å². The normalized spacial score (nSPS) is 20.9. The minimum Gasteiger partial charge on any atom is -0.479 e. The second-order valence-electron chi connectivity index (χ2n) is 8.53. The van der Waals surface area contributed by atoms with E-state index < -0.39 is 31.1 Å². The number of ether oxygens (including phenoxy) is 1. The summed E-state index contributed by atoms with van der Waals surface area (Å²) in [4.78, 5) is 17.5. The third-order valence-corrected chi connectivity index (χ3v) is 6.07. The first-order chi connectivity index (χ1) is 18.0. The van der Waals surface area contributed by atoms with E-state index in [2.05, 4.69) is 25.7 Å². The van der Waals surface area contributed by atoms with Crippen LogP contribution in [0.3, 0.4) is 0 Å². The number of hydrogen-bond donors (Lipinski definition) is 1. The number of carbonyl (C=O) groups is 1. The Morgan fingerprint density at radius 3 is 3.00 bits per heavy atom. The number of amides is 1. The van der Waals surface area contributed by atoms with Crippen LogP contribution in [0.2, 0.25) is 0 Å². The summed E-state index contributed by atoms with van der Waals surface area (Å²) in [7, 11) is 1.46. The van der Waals surface area contributed by atoms with Crippen LogP contribution in [-0.4, -0.2) is 79.0 Å². The van der Waals surface area contributed by atoms with Crippen molar-refractivity contribution in [3.63, 3.8) is 0 Å². The number of methoxy groups -OCH3 is 1. The van der Waals surface area contributed by atoms with Gasteiger partial charge in [-0.1, -0.05) is 11.3 Å². The van der Waals surface area contributed by atoms with Gasteiger partial charge >= 0.3 is 0 Å². The molecule has 4 aromatic rings. The molecule has 4 heterocycles. The van der Waals surface area contributed by atoms with Gasteiger partial charge in [-0.25, -0.2) is 18.0 Å². The van der Waals surface area contributed by atoms with Gasteiger partial charge in [0, 0.05) is 29.3 Å². The zero-order valence-electron chi connectivity index (χ0n) is 22.2. The largest absolute Gasteiger partial charge is 0.479 e. The van der Waals surface area contributed by atoms with Crippen LogP contribution in [0.15, 0.2) is 30.5 Å². The smallest absolute Gasteiger partial charge is 0.244 e. The number of likely N-dealkylation sites (tertiary alicyclic amines) is 1. The van der Waals surface area contributed by atoms with Crippen LogP contribution in [0.25, 0.3) is 27.7 Å². The monoisotopic (exact) mass is 487 g/mol. The second-order valence-corrected chi connectivity index (χ2v) is 8.53. The molecule has 10 nitrogen and oxygen atoms in total. The number of nitrogens with zero attached hydrogens (tertiary/aromatic N) is 7. The number of fused-ring (bicyclic) bond motifs is 2. The van der Waals surface area contributed by atoms with E-state index in [-0.39, 0.29) is 37.9 Å². The molecule has 1 fully saturated rings. The Labute approximate surface area is 204 Å². The van der Waals surface area contributed by atoms with Crippen molar-refractivity contribution in [2.24, 2.45) is 0 Å². The van der Waals surface area contributed by atoms with Crippen molar-refractivity contribution in [2.75, 3.05) is 25.5 Å². The zero-order valence-corrected chi connectivity index (χ0v) is 19.2. The number of piperidine rings is 1. The van der Waals surface area contributed by atoms with Crippen LogP contribution in [0.1, 0.15) is 24.3 Å². The van der Waals surface area contributed by atoms with Gasteiger partial charge in [0.25, 0.3) is 0 Å². The van der Waals surface area contributed by atoms with E-state index >= 15 is 0 Å². The standard InChI is InChI=1S/C23H26F2N8O2/c1-13(24)11-33-20-10-15(4-5-19(20)28-30-33)16-6-9-32-21(16)22(35-3)27-23(29-32)26-18-7-8-31(14(2)34)12-17(18)25/h4-6,9-10,13,17-18H,7-8,11-12H2,1-3H3,(H,26,29)/t13-,17-,18+/m1/s1/i2D3. The van der Waals surface area contributed by atoms with Crippen molar-refractivity contribution >= 4 is 28.4 Å². The maximum absolute atomic E-state index is 14.9. The maximum atomic E-state index is 14.9. The fourth-order valence-electron chi connectivity index (χ4n) is 4.35. The molecule has 0 bridgehead atoms. The Balaban J connectivity index is 1.41. The molecule has 0 radical (unpaired) electrons. The van der Waals surface area contributed by atoms with Crippen molar-refractivity contribution in [1.82, 2.24) is 34.5 Å². The highest BCUT2D eigenvalue weighted by Gasteiger charge is 2.31. The van der Waals surface area contributed by atoms with Crippen LogP contribution in [0, 0.1) is 0 Å².